The van der Waals surface area contributed by atoms with Gasteiger partial charge in [0.2, 0.25) is 11.9 Å². The van der Waals surface area contributed by atoms with Crippen molar-refractivity contribution >= 4 is 39.3 Å². The molecule has 0 bridgehead atoms. The average Bonchev–Trinajstić information content (AvgIpc) is 3.01. The number of aryl methyl sites for hydroxylation is 1. The second-order valence-corrected chi connectivity index (χ2v) is 12.5. The number of carbonyl (C=O) groups excluding carboxylic acids is 1. The normalized spacial score (nSPS) is 11.7. The molecule has 1 amide bonds. The monoisotopic (exact) mass is 606 g/mol. The Balaban J connectivity index is 1.35. The fourth-order valence-electron chi connectivity index (χ4n) is 4.18. The zero-order chi connectivity index (χ0) is 30.4. The Morgan fingerprint density at radius 2 is 1.56 bits per heavy atom. The van der Waals surface area contributed by atoms with E-state index in [0.717, 1.165) is 16.7 Å². The Bertz CT molecular complexity index is 1910. The van der Waals surface area contributed by atoms with Crippen molar-refractivity contribution in [3.63, 3.8) is 0 Å². The summed E-state index contributed by atoms with van der Waals surface area (Å²) in [5.41, 5.74) is 4.61. The molecule has 3 aromatic carbocycles. The topological polar surface area (TPSA) is 138 Å². The highest BCUT2D eigenvalue weighted by Crippen LogP contribution is 2.36. The summed E-state index contributed by atoms with van der Waals surface area (Å²) < 4.78 is 27.9. The second-order valence-electron chi connectivity index (χ2n) is 9.48. The largest absolute Gasteiger partial charge is 0.325 e. The summed E-state index contributed by atoms with van der Waals surface area (Å²) in [4.78, 5) is 26.0. The molecule has 43 heavy (non-hydrogen) atoms. The molecule has 2 aromatic heterocycles. The zero-order valence-corrected chi connectivity index (χ0v) is 24.9. The SMILES string of the molecule is Cc1ccnc(NS(=O)(=O)c2ccc(NC(=O)C(C)Sc3nc(-c4ccccc4)cc(-c4ccccc4)c3C#N)cc2)n1. The van der Waals surface area contributed by atoms with Gasteiger partial charge in [0.05, 0.1) is 21.4 Å². The summed E-state index contributed by atoms with van der Waals surface area (Å²) in [5, 5.41) is 12.8. The summed E-state index contributed by atoms with van der Waals surface area (Å²) in [6, 6.07) is 30.9. The van der Waals surface area contributed by atoms with E-state index in [4.69, 9.17) is 4.98 Å². The predicted molar refractivity (Wildman–Crippen MR) is 168 cm³/mol. The lowest BCUT2D eigenvalue weighted by atomic mass is 9.99. The summed E-state index contributed by atoms with van der Waals surface area (Å²) in [7, 11) is -3.92. The van der Waals surface area contributed by atoms with Crippen LogP contribution in [0.5, 0.6) is 0 Å². The number of aromatic nitrogens is 3. The number of hydrogen-bond acceptors (Lipinski definition) is 8. The van der Waals surface area contributed by atoms with Crippen molar-refractivity contribution < 1.29 is 13.2 Å². The van der Waals surface area contributed by atoms with Gasteiger partial charge in [-0.15, -0.1) is 0 Å². The first-order valence-corrected chi connectivity index (χ1v) is 15.6. The van der Waals surface area contributed by atoms with Crippen LogP contribution in [0.25, 0.3) is 22.4 Å². The van der Waals surface area contributed by atoms with Crippen molar-refractivity contribution in [1.29, 1.82) is 5.26 Å². The van der Waals surface area contributed by atoms with Crippen molar-refractivity contribution in [2.24, 2.45) is 0 Å². The van der Waals surface area contributed by atoms with Crippen LogP contribution in [0.1, 0.15) is 18.2 Å². The number of pyridine rings is 1. The first-order valence-electron chi connectivity index (χ1n) is 13.2. The number of nitriles is 1. The number of nitrogens with one attached hydrogen (secondary N) is 2. The second kappa shape index (κ2) is 12.9. The lowest BCUT2D eigenvalue weighted by molar-refractivity contribution is -0.115. The van der Waals surface area contributed by atoms with E-state index in [1.165, 1.54) is 42.2 Å². The minimum absolute atomic E-state index is 0.00735. The molecule has 2 N–H and O–H groups in total. The van der Waals surface area contributed by atoms with Gasteiger partial charge in [-0.2, -0.15) is 5.26 Å². The Hall–Kier alpha value is -5.05. The first kappa shape index (κ1) is 29.4. The minimum Gasteiger partial charge on any atom is -0.325 e. The standard InChI is InChI=1S/C32H26N6O3S2/c1-21-17-18-34-32(35-21)38-43(40,41)26-15-13-25(14-16-26)36-30(39)22(2)42-31-28(20-33)27(23-9-5-3-6-10-23)19-29(37-31)24-11-7-4-8-12-24/h3-19,22H,1-2H3,(H,36,39)(H,34,35,38). The molecule has 214 valence electrons. The fraction of sp³-hybridized carbons (Fsp3) is 0.0938. The summed E-state index contributed by atoms with van der Waals surface area (Å²) in [5.74, 6) is -0.357. The van der Waals surface area contributed by atoms with Gasteiger partial charge in [-0.3, -0.25) is 4.79 Å². The molecule has 5 aromatic rings. The van der Waals surface area contributed by atoms with E-state index in [9.17, 15) is 18.5 Å². The number of rotatable bonds is 9. The summed E-state index contributed by atoms with van der Waals surface area (Å²) in [6.07, 6.45) is 1.47. The molecule has 0 fully saturated rings. The molecule has 11 heteroatoms. The third-order valence-electron chi connectivity index (χ3n) is 6.36. The minimum atomic E-state index is -3.92. The van der Waals surface area contributed by atoms with Crippen LogP contribution in [0.4, 0.5) is 11.6 Å². The molecule has 1 atom stereocenters. The third kappa shape index (κ3) is 7.06. The van der Waals surface area contributed by atoms with Crippen LogP contribution in [0.2, 0.25) is 0 Å². The molecular formula is C32H26N6O3S2. The van der Waals surface area contributed by atoms with E-state index in [0.29, 0.717) is 27.7 Å². The molecule has 0 radical (unpaired) electrons. The van der Waals surface area contributed by atoms with Gasteiger partial charge in [0.25, 0.3) is 10.0 Å². The lowest BCUT2D eigenvalue weighted by Crippen LogP contribution is -2.23. The van der Waals surface area contributed by atoms with E-state index in [2.05, 4.69) is 26.1 Å². The van der Waals surface area contributed by atoms with Crippen LogP contribution in [0.15, 0.2) is 113 Å². The number of amides is 1. The van der Waals surface area contributed by atoms with Crippen LogP contribution in [-0.2, 0) is 14.8 Å². The molecule has 0 spiro atoms. The number of hydrogen-bond donors (Lipinski definition) is 2. The molecule has 2 heterocycles. The first-order chi connectivity index (χ1) is 20.7. The van der Waals surface area contributed by atoms with Crippen molar-refractivity contribution in [3.05, 3.63) is 115 Å². The van der Waals surface area contributed by atoms with Crippen molar-refractivity contribution in [1.82, 2.24) is 15.0 Å². The van der Waals surface area contributed by atoms with Crippen LogP contribution in [0.3, 0.4) is 0 Å². The van der Waals surface area contributed by atoms with Gasteiger partial charge < -0.3 is 5.32 Å². The highest BCUT2D eigenvalue weighted by Gasteiger charge is 2.22. The van der Waals surface area contributed by atoms with E-state index in [1.54, 1.807) is 19.9 Å². The number of benzene rings is 3. The number of thioether (sulfide) groups is 1. The molecule has 0 aliphatic carbocycles. The fourth-order valence-corrected chi connectivity index (χ4v) is 6.05. The number of carbonyl (C=O) groups is 1. The molecule has 9 nitrogen and oxygen atoms in total. The predicted octanol–water partition coefficient (Wildman–Crippen LogP) is 6.31. The zero-order valence-electron chi connectivity index (χ0n) is 23.2. The van der Waals surface area contributed by atoms with E-state index in [-0.39, 0.29) is 16.8 Å². The average molecular weight is 607 g/mol. The summed E-state index contributed by atoms with van der Waals surface area (Å²) in [6.45, 7) is 3.46. The Labute approximate surface area is 254 Å². The van der Waals surface area contributed by atoms with Gasteiger partial charge in [-0.25, -0.2) is 28.1 Å². The van der Waals surface area contributed by atoms with Crippen molar-refractivity contribution in [2.75, 3.05) is 10.0 Å². The van der Waals surface area contributed by atoms with Crippen molar-refractivity contribution in [2.45, 2.75) is 29.0 Å². The van der Waals surface area contributed by atoms with Gasteiger partial charge in [0.1, 0.15) is 11.1 Å². The van der Waals surface area contributed by atoms with Gasteiger partial charge in [-0.05, 0) is 55.8 Å². The number of anilines is 2. The highest BCUT2D eigenvalue weighted by atomic mass is 32.2. The van der Waals surface area contributed by atoms with E-state index in [1.807, 2.05) is 66.7 Å². The molecule has 1 unspecified atom stereocenters. The van der Waals surface area contributed by atoms with Crippen LogP contribution in [-0.4, -0.2) is 34.5 Å². The van der Waals surface area contributed by atoms with Crippen LogP contribution < -0.4 is 10.0 Å². The maximum Gasteiger partial charge on any atom is 0.264 e. The smallest absolute Gasteiger partial charge is 0.264 e. The quantitative estimate of drug-likeness (QED) is 0.186. The maximum atomic E-state index is 13.2. The Morgan fingerprint density at radius 1 is 0.907 bits per heavy atom. The molecule has 5 rings (SSSR count). The number of nitrogens with zero attached hydrogens (tertiary/aromatic N) is 4. The summed E-state index contributed by atoms with van der Waals surface area (Å²) >= 11 is 1.18. The third-order valence-corrected chi connectivity index (χ3v) is 8.79. The lowest BCUT2D eigenvalue weighted by Gasteiger charge is -2.16. The van der Waals surface area contributed by atoms with E-state index >= 15 is 0 Å². The molecular weight excluding hydrogens is 581 g/mol. The number of sulfonamides is 1. The van der Waals surface area contributed by atoms with Gasteiger partial charge in [0, 0.05) is 28.7 Å². The van der Waals surface area contributed by atoms with Crippen LogP contribution >= 0.6 is 11.8 Å². The maximum absolute atomic E-state index is 13.2. The Morgan fingerprint density at radius 3 is 2.19 bits per heavy atom. The van der Waals surface area contributed by atoms with Crippen LogP contribution in [0, 0.1) is 18.3 Å². The van der Waals surface area contributed by atoms with E-state index < -0.39 is 15.3 Å². The molecule has 0 saturated heterocycles. The molecule has 0 aliphatic rings. The van der Waals surface area contributed by atoms with Crippen molar-refractivity contribution in [3.8, 4) is 28.5 Å². The van der Waals surface area contributed by atoms with Gasteiger partial charge >= 0.3 is 0 Å². The van der Waals surface area contributed by atoms with Gasteiger partial charge in [0.15, 0.2) is 0 Å². The molecule has 0 aliphatic heterocycles. The Kier molecular flexibility index (Phi) is 8.80. The highest BCUT2D eigenvalue weighted by molar-refractivity contribution is 8.00. The molecule has 0 saturated carbocycles. The van der Waals surface area contributed by atoms with Gasteiger partial charge in [-0.1, -0.05) is 72.4 Å².